The van der Waals surface area contributed by atoms with Gasteiger partial charge in [0.25, 0.3) is 0 Å². The van der Waals surface area contributed by atoms with E-state index in [2.05, 4.69) is 0 Å². The zero-order valence-corrected chi connectivity index (χ0v) is 8.25. The third-order valence-electron chi connectivity index (χ3n) is 2.16. The molecule has 0 radical (unpaired) electrons. The van der Waals surface area contributed by atoms with Crippen molar-refractivity contribution < 1.29 is 14.2 Å². The number of nitrogens with two attached hydrogens (primary N) is 1. The van der Waals surface area contributed by atoms with Crippen molar-refractivity contribution >= 4 is 0 Å². The van der Waals surface area contributed by atoms with Crippen LogP contribution in [0.25, 0.3) is 0 Å². The van der Waals surface area contributed by atoms with Crippen molar-refractivity contribution in [3.63, 3.8) is 0 Å². The van der Waals surface area contributed by atoms with Gasteiger partial charge in [0, 0.05) is 6.04 Å². The van der Waals surface area contributed by atoms with E-state index in [0.717, 1.165) is 0 Å². The van der Waals surface area contributed by atoms with Crippen molar-refractivity contribution in [1.29, 1.82) is 0 Å². The molecule has 1 aromatic rings. The average Bonchev–Trinajstić information content (AvgIpc) is 2.18. The summed E-state index contributed by atoms with van der Waals surface area (Å²) in [6.07, 6.45) is 0.553. The number of halogens is 1. The fraction of sp³-hybridized carbons (Fsp3) is 0.400. The highest BCUT2D eigenvalue weighted by Crippen LogP contribution is 2.35. The highest BCUT2D eigenvalue weighted by molar-refractivity contribution is 5.47. The first-order valence-electron chi connectivity index (χ1n) is 4.42. The fourth-order valence-electron chi connectivity index (χ4n) is 1.28. The summed E-state index contributed by atoms with van der Waals surface area (Å²) in [6.45, 7) is 1.82. The Labute approximate surface area is 82.3 Å². The van der Waals surface area contributed by atoms with E-state index >= 15 is 0 Å². The Balaban J connectivity index is 3.25. The maximum Gasteiger partial charge on any atom is 0.165 e. The molecule has 0 amide bonds. The number of hydrogen-bond donors (Lipinski definition) is 2. The van der Waals surface area contributed by atoms with E-state index in [1.165, 1.54) is 19.2 Å². The molecule has 1 rings (SSSR count). The Hall–Kier alpha value is -1.29. The molecule has 0 aliphatic rings. The van der Waals surface area contributed by atoms with Crippen LogP contribution in [0.5, 0.6) is 11.5 Å². The number of phenolic OH excluding ortho intramolecular Hbond substituents is 1. The maximum absolute atomic E-state index is 13.3. The molecule has 1 atom stereocenters. The lowest BCUT2D eigenvalue weighted by molar-refractivity contribution is 0.363. The van der Waals surface area contributed by atoms with Crippen molar-refractivity contribution in [2.24, 2.45) is 5.73 Å². The van der Waals surface area contributed by atoms with Gasteiger partial charge < -0.3 is 15.6 Å². The molecule has 0 spiro atoms. The summed E-state index contributed by atoms with van der Waals surface area (Å²) < 4.78 is 18.2. The van der Waals surface area contributed by atoms with Crippen LogP contribution in [0.4, 0.5) is 4.39 Å². The smallest absolute Gasteiger partial charge is 0.165 e. The molecule has 0 aliphatic heterocycles. The molecule has 0 saturated carbocycles. The molecule has 1 aromatic carbocycles. The summed E-state index contributed by atoms with van der Waals surface area (Å²) in [4.78, 5) is 0. The number of aromatic hydroxyl groups is 1. The Kier molecular flexibility index (Phi) is 3.30. The Morgan fingerprint density at radius 1 is 1.57 bits per heavy atom. The van der Waals surface area contributed by atoms with Crippen LogP contribution in [0.15, 0.2) is 12.1 Å². The van der Waals surface area contributed by atoms with Crippen LogP contribution in [-0.2, 0) is 0 Å². The summed E-state index contributed by atoms with van der Waals surface area (Å²) in [5.74, 6) is -0.468. The Bertz CT molecular complexity index is 328. The van der Waals surface area contributed by atoms with E-state index in [1.54, 1.807) is 0 Å². The third kappa shape index (κ3) is 1.80. The number of rotatable bonds is 3. The van der Waals surface area contributed by atoms with E-state index in [4.69, 9.17) is 10.5 Å². The van der Waals surface area contributed by atoms with Gasteiger partial charge in [-0.3, -0.25) is 0 Å². The topological polar surface area (TPSA) is 55.5 Å². The minimum absolute atomic E-state index is 0.117. The average molecular weight is 199 g/mol. The second-order valence-electron chi connectivity index (χ2n) is 3.03. The van der Waals surface area contributed by atoms with Crippen molar-refractivity contribution in [3.05, 3.63) is 23.5 Å². The maximum atomic E-state index is 13.3. The van der Waals surface area contributed by atoms with Crippen LogP contribution < -0.4 is 10.5 Å². The number of ether oxygens (including phenoxy) is 1. The first-order valence-corrected chi connectivity index (χ1v) is 4.42. The monoisotopic (exact) mass is 199 g/mol. The second kappa shape index (κ2) is 4.28. The molecule has 3 nitrogen and oxygen atoms in total. The predicted octanol–water partition coefficient (Wildman–Crippen LogP) is 1.95. The predicted molar refractivity (Wildman–Crippen MR) is 51.8 cm³/mol. The molecule has 0 fully saturated rings. The molecule has 78 valence electrons. The number of methoxy groups -OCH3 is 1. The number of phenols is 1. The number of hydrogen-bond acceptors (Lipinski definition) is 3. The van der Waals surface area contributed by atoms with Gasteiger partial charge in [-0.2, -0.15) is 0 Å². The number of benzene rings is 1. The molecule has 1 unspecified atom stereocenters. The second-order valence-corrected chi connectivity index (χ2v) is 3.03. The van der Waals surface area contributed by atoms with Gasteiger partial charge in [0.1, 0.15) is 5.82 Å². The van der Waals surface area contributed by atoms with Gasteiger partial charge >= 0.3 is 0 Å². The molecule has 0 aromatic heterocycles. The normalized spacial score (nSPS) is 12.6. The third-order valence-corrected chi connectivity index (χ3v) is 2.16. The van der Waals surface area contributed by atoms with Crippen molar-refractivity contribution in [3.8, 4) is 11.5 Å². The largest absolute Gasteiger partial charge is 0.504 e. The minimum Gasteiger partial charge on any atom is -0.504 e. The van der Waals surface area contributed by atoms with Crippen LogP contribution in [0.2, 0.25) is 0 Å². The van der Waals surface area contributed by atoms with E-state index in [-0.39, 0.29) is 17.1 Å². The SMILES string of the molecule is CCC(N)c1c(F)ccc(OC)c1O. The highest BCUT2D eigenvalue weighted by atomic mass is 19.1. The Morgan fingerprint density at radius 3 is 2.71 bits per heavy atom. The van der Waals surface area contributed by atoms with Gasteiger partial charge in [0.15, 0.2) is 11.5 Å². The van der Waals surface area contributed by atoms with Crippen molar-refractivity contribution in [1.82, 2.24) is 0 Å². The van der Waals surface area contributed by atoms with Gasteiger partial charge in [-0.25, -0.2) is 4.39 Å². The highest BCUT2D eigenvalue weighted by Gasteiger charge is 2.18. The van der Waals surface area contributed by atoms with Gasteiger partial charge in [0.2, 0.25) is 0 Å². The summed E-state index contributed by atoms with van der Waals surface area (Å²) in [7, 11) is 1.41. The molecule has 0 heterocycles. The minimum atomic E-state index is -0.509. The standard InChI is InChI=1S/C10H14FNO2/c1-3-7(12)9-6(11)4-5-8(14-2)10(9)13/h4-5,7,13H,3,12H2,1-2H3. The zero-order chi connectivity index (χ0) is 10.7. The van der Waals surface area contributed by atoms with Gasteiger partial charge in [-0.05, 0) is 18.6 Å². The van der Waals surface area contributed by atoms with Gasteiger partial charge in [-0.1, -0.05) is 6.92 Å². The van der Waals surface area contributed by atoms with Gasteiger partial charge in [-0.15, -0.1) is 0 Å². The first kappa shape index (κ1) is 10.8. The molecule has 4 heteroatoms. The lowest BCUT2D eigenvalue weighted by Gasteiger charge is -2.14. The van der Waals surface area contributed by atoms with E-state index in [0.29, 0.717) is 6.42 Å². The van der Waals surface area contributed by atoms with E-state index < -0.39 is 11.9 Å². The molecule has 0 bridgehead atoms. The summed E-state index contributed by atoms with van der Waals surface area (Å²) in [5.41, 5.74) is 5.78. The quantitative estimate of drug-likeness (QED) is 0.782. The zero-order valence-electron chi connectivity index (χ0n) is 8.25. The lowest BCUT2D eigenvalue weighted by Crippen LogP contribution is -2.11. The van der Waals surface area contributed by atoms with E-state index in [9.17, 15) is 9.50 Å². The lowest BCUT2D eigenvalue weighted by atomic mass is 10.0. The molecule has 0 aliphatic carbocycles. The van der Waals surface area contributed by atoms with Crippen LogP contribution in [0.3, 0.4) is 0 Å². The Morgan fingerprint density at radius 2 is 2.21 bits per heavy atom. The van der Waals surface area contributed by atoms with Gasteiger partial charge in [0.05, 0.1) is 12.7 Å². The van der Waals surface area contributed by atoms with Crippen molar-refractivity contribution in [2.45, 2.75) is 19.4 Å². The van der Waals surface area contributed by atoms with Crippen LogP contribution >= 0.6 is 0 Å². The molecular formula is C10H14FNO2. The van der Waals surface area contributed by atoms with Crippen LogP contribution in [0.1, 0.15) is 24.9 Å². The molecular weight excluding hydrogens is 185 g/mol. The summed E-state index contributed by atoms with van der Waals surface area (Å²) >= 11 is 0. The first-order chi connectivity index (χ1) is 6.61. The fourth-order valence-corrected chi connectivity index (χ4v) is 1.28. The van der Waals surface area contributed by atoms with Crippen LogP contribution in [0, 0.1) is 5.82 Å². The van der Waals surface area contributed by atoms with E-state index in [1.807, 2.05) is 6.92 Å². The molecule has 0 saturated heterocycles. The summed E-state index contributed by atoms with van der Waals surface area (Å²) in [5, 5.41) is 9.63. The molecule has 3 N–H and O–H groups in total. The molecule has 14 heavy (non-hydrogen) atoms. The van der Waals surface area contributed by atoms with Crippen LogP contribution in [-0.4, -0.2) is 12.2 Å². The summed E-state index contributed by atoms with van der Waals surface area (Å²) in [6, 6.07) is 2.10. The van der Waals surface area contributed by atoms with Crippen molar-refractivity contribution in [2.75, 3.05) is 7.11 Å².